The van der Waals surface area contributed by atoms with Crippen LogP contribution in [0, 0.1) is 5.92 Å². The van der Waals surface area contributed by atoms with Crippen molar-refractivity contribution >= 4 is 17.5 Å². The number of amides is 2. The Morgan fingerprint density at radius 3 is 2.16 bits per heavy atom. The molecule has 2 amide bonds. The van der Waals surface area contributed by atoms with Gasteiger partial charge in [0.15, 0.2) is 0 Å². The van der Waals surface area contributed by atoms with Gasteiger partial charge in [0.25, 0.3) is 5.91 Å². The maximum Gasteiger partial charge on any atom is 0.252 e. The molecule has 0 aliphatic carbocycles. The number of hydrogen-bond acceptors (Lipinski definition) is 5. The Bertz CT molecular complexity index is 848. The molecular weight excluding hydrogens is 406 g/mol. The van der Waals surface area contributed by atoms with E-state index in [4.69, 9.17) is 9.47 Å². The molecule has 0 aromatic heterocycles. The summed E-state index contributed by atoms with van der Waals surface area (Å²) in [6.07, 6.45) is 0.806. The van der Waals surface area contributed by atoms with Crippen molar-refractivity contribution in [3.05, 3.63) is 54.1 Å². The lowest BCUT2D eigenvalue weighted by atomic mass is 10.0. The first-order valence-corrected chi connectivity index (χ1v) is 11.0. The van der Waals surface area contributed by atoms with Crippen LogP contribution in [0.2, 0.25) is 0 Å². The van der Waals surface area contributed by atoms with Gasteiger partial charge in [-0.05, 0) is 43.5 Å². The van der Waals surface area contributed by atoms with Crippen LogP contribution in [0.25, 0.3) is 0 Å². The summed E-state index contributed by atoms with van der Waals surface area (Å²) in [4.78, 5) is 27.9. The van der Waals surface area contributed by atoms with Gasteiger partial charge in [-0.2, -0.15) is 0 Å². The molecule has 32 heavy (non-hydrogen) atoms. The number of nitrogens with one attached hydrogen (secondary N) is 2. The van der Waals surface area contributed by atoms with E-state index in [-0.39, 0.29) is 17.7 Å². The van der Waals surface area contributed by atoms with Crippen molar-refractivity contribution in [1.29, 1.82) is 0 Å². The Morgan fingerprint density at radius 1 is 1.00 bits per heavy atom. The molecule has 0 radical (unpaired) electrons. The average Bonchev–Trinajstić information content (AvgIpc) is 2.82. The van der Waals surface area contributed by atoms with Crippen LogP contribution < -0.4 is 25.0 Å². The Morgan fingerprint density at radius 2 is 1.62 bits per heavy atom. The Balaban J connectivity index is 1.93. The van der Waals surface area contributed by atoms with Crippen molar-refractivity contribution in [2.24, 2.45) is 5.92 Å². The van der Waals surface area contributed by atoms with Gasteiger partial charge < -0.3 is 25.0 Å². The first kappa shape index (κ1) is 25.0. The van der Waals surface area contributed by atoms with E-state index in [1.807, 2.05) is 32.0 Å². The zero-order valence-corrected chi connectivity index (χ0v) is 19.7. The van der Waals surface area contributed by atoms with Gasteiger partial charge in [0.05, 0.1) is 14.2 Å². The number of carbonyl (C=O) groups excluding carboxylic acids is 2. The standard InChI is InChI=1S/C25H35N3O4/c1-6-28(20-11-8-7-9-12-20)14-10-13-26-25(30)23(18(2)3)27-24(29)19-15-21(31-4)17-22(16-19)32-5/h7-9,11-12,15-18,23H,6,10,13-14H2,1-5H3,(H,26,30)(H,27,29)/t23-/m0/s1. The van der Waals surface area contributed by atoms with Gasteiger partial charge >= 0.3 is 0 Å². The summed E-state index contributed by atoms with van der Waals surface area (Å²) in [7, 11) is 3.05. The lowest BCUT2D eigenvalue weighted by Crippen LogP contribution is -2.50. The molecular formula is C25H35N3O4. The van der Waals surface area contributed by atoms with Crippen molar-refractivity contribution in [3.63, 3.8) is 0 Å². The van der Waals surface area contributed by atoms with Gasteiger partial charge in [-0.3, -0.25) is 9.59 Å². The number of benzene rings is 2. The molecule has 174 valence electrons. The molecule has 2 aromatic carbocycles. The molecule has 2 rings (SSSR count). The van der Waals surface area contributed by atoms with Gasteiger partial charge in [0, 0.05) is 37.0 Å². The fraction of sp³-hybridized carbons (Fsp3) is 0.440. The molecule has 2 aromatic rings. The van der Waals surface area contributed by atoms with Gasteiger partial charge in [0.2, 0.25) is 5.91 Å². The largest absolute Gasteiger partial charge is 0.497 e. The topological polar surface area (TPSA) is 79.9 Å². The SMILES string of the molecule is CCN(CCCNC(=O)[C@@H](NC(=O)c1cc(OC)cc(OC)c1)C(C)C)c1ccccc1. The number of carbonyl (C=O) groups is 2. The highest BCUT2D eigenvalue weighted by Gasteiger charge is 2.25. The Hall–Kier alpha value is -3.22. The second-order valence-electron chi connectivity index (χ2n) is 7.86. The molecule has 0 saturated heterocycles. The lowest BCUT2D eigenvalue weighted by Gasteiger charge is -2.24. The molecule has 0 spiro atoms. The van der Waals surface area contributed by atoms with Crippen LogP contribution in [-0.4, -0.2) is 51.7 Å². The van der Waals surface area contributed by atoms with Crippen molar-refractivity contribution < 1.29 is 19.1 Å². The van der Waals surface area contributed by atoms with E-state index in [1.165, 1.54) is 19.9 Å². The van der Waals surface area contributed by atoms with Crippen molar-refractivity contribution in [3.8, 4) is 11.5 Å². The predicted molar refractivity (Wildman–Crippen MR) is 128 cm³/mol. The number of ether oxygens (including phenoxy) is 2. The Labute approximate surface area is 191 Å². The van der Waals surface area contributed by atoms with Crippen molar-refractivity contribution in [2.45, 2.75) is 33.2 Å². The number of methoxy groups -OCH3 is 2. The summed E-state index contributed by atoms with van der Waals surface area (Å²) in [5, 5.41) is 5.82. The van der Waals surface area contributed by atoms with Crippen LogP contribution in [0.5, 0.6) is 11.5 Å². The average molecular weight is 442 g/mol. The summed E-state index contributed by atoms with van der Waals surface area (Å²) in [5.41, 5.74) is 1.54. The molecule has 2 N–H and O–H groups in total. The first-order valence-electron chi connectivity index (χ1n) is 11.0. The van der Waals surface area contributed by atoms with Crippen LogP contribution in [0.15, 0.2) is 48.5 Å². The molecule has 0 aliphatic rings. The molecule has 0 unspecified atom stereocenters. The molecule has 7 nitrogen and oxygen atoms in total. The highest BCUT2D eigenvalue weighted by atomic mass is 16.5. The lowest BCUT2D eigenvalue weighted by molar-refractivity contribution is -0.123. The molecule has 0 bridgehead atoms. The van der Waals surface area contributed by atoms with Gasteiger partial charge in [0.1, 0.15) is 17.5 Å². The normalized spacial score (nSPS) is 11.6. The van der Waals surface area contributed by atoms with Gasteiger partial charge in [-0.1, -0.05) is 32.0 Å². The van der Waals surface area contributed by atoms with E-state index in [1.54, 1.807) is 18.2 Å². The van der Waals surface area contributed by atoms with Crippen molar-refractivity contribution in [2.75, 3.05) is 38.8 Å². The highest BCUT2D eigenvalue weighted by Crippen LogP contribution is 2.22. The number of hydrogen-bond donors (Lipinski definition) is 2. The zero-order chi connectivity index (χ0) is 23.5. The zero-order valence-electron chi connectivity index (χ0n) is 19.7. The Kier molecular flexibility index (Phi) is 9.85. The third kappa shape index (κ3) is 7.18. The van der Waals surface area contributed by atoms with Crippen LogP contribution in [0.3, 0.4) is 0 Å². The van der Waals surface area contributed by atoms with Crippen LogP contribution in [-0.2, 0) is 4.79 Å². The molecule has 1 atom stereocenters. The fourth-order valence-corrected chi connectivity index (χ4v) is 3.40. The van der Waals surface area contributed by atoms with Crippen LogP contribution in [0.4, 0.5) is 5.69 Å². The second-order valence-corrected chi connectivity index (χ2v) is 7.86. The molecule has 0 saturated carbocycles. The maximum absolute atomic E-state index is 12.8. The highest BCUT2D eigenvalue weighted by molar-refractivity contribution is 5.98. The minimum absolute atomic E-state index is 0.0667. The molecule has 0 fully saturated rings. The van der Waals surface area contributed by atoms with E-state index >= 15 is 0 Å². The van der Waals surface area contributed by atoms with E-state index < -0.39 is 6.04 Å². The third-order valence-electron chi connectivity index (χ3n) is 5.26. The summed E-state index contributed by atoms with van der Waals surface area (Å²) in [5.74, 6) is 0.420. The number of para-hydroxylation sites is 1. The predicted octanol–water partition coefficient (Wildman–Crippen LogP) is 3.49. The summed E-state index contributed by atoms with van der Waals surface area (Å²) in [6.45, 7) is 8.20. The quantitative estimate of drug-likeness (QED) is 0.493. The maximum atomic E-state index is 12.8. The van der Waals surface area contributed by atoms with E-state index in [9.17, 15) is 9.59 Å². The second kappa shape index (κ2) is 12.6. The minimum atomic E-state index is -0.643. The van der Waals surface area contributed by atoms with E-state index in [0.717, 1.165) is 19.5 Å². The number of rotatable bonds is 12. The van der Waals surface area contributed by atoms with Gasteiger partial charge in [-0.25, -0.2) is 0 Å². The summed E-state index contributed by atoms with van der Waals surface area (Å²) in [6, 6.07) is 14.5. The van der Waals surface area contributed by atoms with Crippen molar-refractivity contribution in [1.82, 2.24) is 10.6 Å². The number of nitrogens with zero attached hydrogens (tertiary/aromatic N) is 1. The van der Waals surface area contributed by atoms with E-state index in [0.29, 0.717) is 23.6 Å². The summed E-state index contributed by atoms with van der Waals surface area (Å²) >= 11 is 0. The van der Waals surface area contributed by atoms with Crippen LogP contribution >= 0.6 is 0 Å². The third-order valence-corrected chi connectivity index (χ3v) is 5.26. The smallest absolute Gasteiger partial charge is 0.252 e. The monoisotopic (exact) mass is 441 g/mol. The van der Waals surface area contributed by atoms with Crippen LogP contribution in [0.1, 0.15) is 37.6 Å². The molecule has 0 aliphatic heterocycles. The van der Waals surface area contributed by atoms with E-state index in [2.05, 4.69) is 34.6 Å². The fourth-order valence-electron chi connectivity index (χ4n) is 3.40. The number of anilines is 1. The summed E-state index contributed by atoms with van der Waals surface area (Å²) < 4.78 is 10.5. The first-order chi connectivity index (χ1) is 15.4. The molecule has 0 heterocycles. The van der Waals surface area contributed by atoms with Gasteiger partial charge in [-0.15, -0.1) is 0 Å². The molecule has 7 heteroatoms. The minimum Gasteiger partial charge on any atom is -0.497 e.